The topological polar surface area (TPSA) is 102 Å². The Balaban J connectivity index is 2.37. The summed E-state index contributed by atoms with van der Waals surface area (Å²) in [7, 11) is -3.82. The summed E-state index contributed by atoms with van der Waals surface area (Å²) in [4.78, 5) is 23.7. The first kappa shape index (κ1) is 24.1. The van der Waals surface area contributed by atoms with E-state index in [0.29, 0.717) is 5.92 Å². The molecule has 0 aliphatic carbocycles. The lowest BCUT2D eigenvalue weighted by Gasteiger charge is -2.14. The summed E-state index contributed by atoms with van der Waals surface area (Å²) in [5, 5.41) is 2.76. The number of ether oxygens (including phenoxy) is 1. The molecule has 1 aromatic rings. The van der Waals surface area contributed by atoms with E-state index in [1.54, 1.807) is 6.07 Å². The molecule has 28 heavy (non-hydrogen) atoms. The highest BCUT2D eigenvalue weighted by atomic mass is 32.2. The molecular formula is C20H32N2O5S. The second-order valence-corrected chi connectivity index (χ2v) is 9.29. The number of sulfonamides is 1. The Kier molecular flexibility index (Phi) is 9.61. The zero-order valence-corrected chi connectivity index (χ0v) is 18.2. The van der Waals surface area contributed by atoms with Crippen molar-refractivity contribution in [2.45, 2.75) is 64.8 Å². The van der Waals surface area contributed by atoms with Crippen LogP contribution >= 0.6 is 0 Å². The van der Waals surface area contributed by atoms with E-state index in [1.807, 2.05) is 20.8 Å². The molecule has 0 aromatic heterocycles. The largest absolute Gasteiger partial charge is 0.455 e. The van der Waals surface area contributed by atoms with Crippen molar-refractivity contribution in [2.75, 3.05) is 13.2 Å². The molecule has 1 amide bonds. The van der Waals surface area contributed by atoms with Crippen molar-refractivity contribution in [3.8, 4) is 0 Å². The molecule has 0 spiro atoms. The van der Waals surface area contributed by atoms with Crippen molar-refractivity contribution in [3.05, 3.63) is 29.3 Å². The summed E-state index contributed by atoms with van der Waals surface area (Å²) in [5.41, 5.74) is 1.81. The van der Waals surface area contributed by atoms with Crippen LogP contribution in [0.25, 0.3) is 0 Å². The molecule has 0 aliphatic rings. The quantitative estimate of drug-likeness (QED) is 0.544. The summed E-state index contributed by atoms with van der Waals surface area (Å²) < 4.78 is 31.5. The van der Waals surface area contributed by atoms with E-state index in [4.69, 9.17) is 4.74 Å². The molecular weight excluding hydrogens is 380 g/mol. The van der Waals surface area contributed by atoms with E-state index < -0.39 is 35.1 Å². The number of aryl methyl sites for hydroxylation is 2. The molecule has 0 heterocycles. The third-order valence-corrected chi connectivity index (χ3v) is 5.78. The number of esters is 1. The van der Waals surface area contributed by atoms with Crippen molar-refractivity contribution < 1.29 is 22.7 Å². The normalized spacial score (nSPS) is 12.6. The second kappa shape index (κ2) is 11.2. The number of rotatable bonds is 11. The lowest BCUT2D eigenvalue weighted by atomic mass is 10.0. The number of hydrogen-bond donors (Lipinski definition) is 2. The third kappa shape index (κ3) is 8.84. The minimum Gasteiger partial charge on any atom is -0.455 e. The number of benzene rings is 1. The predicted octanol–water partition coefficient (Wildman–Crippen LogP) is 2.46. The molecule has 1 aromatic carbocycles. The minimum absolute atomic E-state index is 0.00627. The Bertz CT molecular complexity index is 775. The lowest BCUT2D eigenvalue weighted by molar-refractivity contribution is -0.147. The maximum atomic E-state index is 12.2. The van der Waals surface area contributed by atoms with Gasteiger partial charge in [-0.3, -0.25) is 9.59 Å². The zero-order valence-electron chi connectivity index (χ0n) is 17.4. The summed E-state index contributed by atoms with van der Waals surface area (Å²) >= 11 is 0. The van der Waals surface area contributed by atoms with Crippen LogP contribution in [-0.4, -0.2) is 39.5 Å². The van der Waals surface area contributed by atoms with E-state index in [1.165, 1.54) is 12.1 Å². The number of amides is 1. The minimum atomic E-state index is -3.82. The Morgan fingerprint density at radius 3 is 2.36 bits per heavy atom. The molecule has 0 saturated carbocycles. The molecule has 7 nitrogen and oxygen atoms in total. The van der Waals surface area contributed by atoms with Gasteiger partial charge >= 0.3 is 5.97 Å². The highest BCUT2D eigenvalue weighted by Crippen LogP contribution is 2.14. The van der Waals surface area contributed by atoms with Gasteiger partial charge in [0.15, 0.2) is 6.61 Å². The van der Waals surface area contributed by atoms with Crippen LogP contribution in [0.4, 0.5) is 0 Å². The van der Waals surface area contributed by atoms with Gasteiger partial charge in [-0.15, -0.1) is 0 Å². The Hall–Kier alpha value is -1.93. The van der Waals surface area contributed by atoms with Gasteiger partial charge in [0.2, 0.25) is 10.0 Å². The highest BCUT2D eigenvalue weighted by molar-refractivity contribution is 7.89. The van der Waals surface area contributed by atoms with Gasteiger partial charge in [-0.1, -0.05) is 32.8 Å². The van der Waals surface area contributed by atoms with E-state index in [-0.39, 0.29) is 10.9 Å². The van der Waals surface area contributed by atoms with Crippen molar-refractivity contribution in [3.63, 3.8) is 0 Å². The van der Waals surface area contributed by atoms with Gasteiger partial charge in [0.1, 0.15) is 6.54 Å². The monoisotopic (exact) mass is 412 g/mol. The first-order valence-electron chi connectivity index (χ1n) is 9.53. The van der Waals surface area contributed by atoms with Crippen molar-refractivity contribution >= 4 is 21.9 Å². The molecule has 158 valence electrons. The van der Waals surface area contributed by atoms with Crippen LogP contribution in [0, 0.1) is 19.8 Å². The predicted molar refractivity (Wildman–Crippen MR) is 108 cm³/mol. The van der Waals surface area contributed by atoms with Gasteiger partial charge < -0.3 is 10.1 Å². The molecule has 0 bridgehead atoms. The zero-order chi connectivity index (χ0) is 21.3. The van der Waals surface area contributed by atoms with Gasteiger partial charge in [0, 0.05) is 6.04 Å². The van der Waals surface area contributed by atoms with Crippen LogP contribution in [0.2, 0.25) is 0 Å². The van der Waals surface area contributed by atoms with Gasteiger partial charge in [-0.25, -0.2) is 8.42 Å². The van der Waals surface area contributed by atoms with Crippen LogP contribution in [0.5, 0.6) is 0 Å². The van der Waals surface area contributed by atoms with Gasteiger partial charge in [0.05, 0.1) is 4.90 Å². The third-order valence-electron chi connectivity index (χ3n) is 4.39. The Morgan fingerprint density at radius 1 is 1.07 bits per heavy atom. The summed E-state index contributed by atoms with van der Waals surface area (Å²) in [6.45, 7) is 8.93. The van der Waals surface area contributed by atoms with Crippen molar-refractivity contribution in [2.24, 2.45) is 5.92 Å². The van der Waals surface area contributed by atoms with Crippen LogP contribution < -0.4 is 10.0 Å². The number of nitrogens with one attached hydrogen (secondary N) is 2. The first-order valence-corrected chi connectivity index (χ1v) is 11.0. The van der Waals surface area contributed by atoms with E-state index in [2.05, 4.69) is 23.9 Å². The Morgan fingerprint density at radius 2 is 1.75 bits per heavy atom. The molecule has 0 saturated heterocycles. The van der Waals surface area contributed by atoms with Crippen LogP contribution in [0.3, 0.4) is 0 Å². The van der Waals surface area contributed by atoms with E-state index in [9.17, 15) is 18.0 Å². The molecule has 1 unspecified atom stereocenters. The molecule has 0 fully saturated rings. The van der Waals surface area contributed by atoms with Crippen molar-refractivity contribution in [1.82, 2.24) is 10.0 Å². The van der Waals surface area contributed by atoms with Crippen LogP contribution in [0.1, 0.15) is 51.2 Å². The molecule has 1 rings (SSSR count). The van der Waals surface area contributed by atoms with E-state index in [0.717, 1.165) is 30.4 Å². The summed E-state index contributed by atoms with van der Waals surface area (Å²) in [6, 6.07) is 4.71. The molecule has 1 atom stereocenters. The average Bonchev–Trinajstić information content (AvgIpc) is 2.60. The summed E-state index contributed by atoms with van der Waals surface area (Å²) in [6.07, 6.45) is 2.96. The molecule has 0 aliphatic heterocycles. The second-order valence-electron chi connectivity index (χ2n) is 7.52. The average molecular weight is 413 g/mol. The lowest BCUT2D eigenvalue weighted by Crippen LogP contribution is -2.37. The van der Waals surface area contributed by atoms with Gasteiger partial charge in [-0.05, 0) is 56.4 Å². The Labute approximate surface area is 168 Å². The molecule has 0 radical (unpaired) electrons. The maximum absolute atomic E-state index is 12.2. The fraction of sp³-hybridized carbons (Fsp3) is 0.600. The smallest absolute Gasteiger partial charge is 0.321 e. The van der Waals surface area contributed by atoms with Crippen LogP contribution in [-0.2, 0) is 24.3 Å². The van der Waals surface area contributed by atoms with E-state index >= 15 is 0 Å². The number of carbonyl (C=O) groups excluding carboxylic acids is 2. The standard InChI is InChI=1S/C20H32N2O5S/c1-14(2)7-6-8-17(5)22-19(23)13-27-20(24)12-21-28(25,26)18-10-9-15(3)16(4)11-18/h9-11,14,17,21H,6-8,12-13H2,1-5H3,(H,22,23). The number of carbonyl (C=O) groups is 2. The fourth-order valence-electron chi connectivity index (χ4n) is 2.54. The highest BCUT2D eigenvalue weighted by Gasteiger charge is 2.17. The maximum Gasteiger partial charge on any atom is 0.321 e. The van der Waals surface area contributed by atoms with Gasteiger partial charge in [-0.2, -0.15) is 4.72 Å². The number of hydrogen-bond acceptors (Lipinski definition) is 5. The molecule has 2 N–H and O–H groups in total. The SMILES string of the molecule is Cc1ccc(S(=O)(=O)NCC(=O)OCC(=O)NC(C)CCCC(C)C)cc1C. The first-order chi connectivity index (χ1) is 13.0. The van der Waals surface area contributed by atoms with Crippen LogP contribution in [0.15, 0.2) is 23.1 Å². The fourth-order valence-corrected chi connectivity index (χ4v) is 3.59. The van der Waals surface area contributed by atoms with Crippen molar-refractivity contribution in [1.29, 1.82) is 0 Å². The molecule has 8 heteroatoms. The summed E-state index contributed by atoms with van der Waals surface area (Å²) in [5.74, 6) is -0.589. The van der Waals surface area contributed by atoms with Gasteiger partial charge in [0.25, 0.3) is 5.91 Å².